The van der Waals surface area contributed by atoms with Crippen molar-refractivity contribution < 1.29 is 9.53 Å². The third-order valence-corrected chi connectivity index (χ3v) is 3.95. The van der Waals surface area contributed by atoms with Gasteiger partial charge in [-0.15, -0.1) is 0 Å². The summed E-state index contributed by atoms with van der Waals surface area (Å²) >= 11 is 0. The number of benzene rings is 1. The molecule has 122 valence electrons. The topological polar surface area (TPSA) is 60.7 Å². The van der Waals surface area contributed by atoms with Gasteiger partial charge in [0.2, 0.25) is 0 Å². The molecule has 0 aliphatic carbocycles. The number of carbonyl (C=O) groups is 1. The van der Waals surface area contributed by atoms with Crippen molar-refractivity contribution in [3.8, 4) is 0 Å². The summed E-state index contributed by atoms with van der Waals surface area (Å²) in [5.74, 6) is -0.427. The molecule has 0 N–H and O–H groups in total. The zero-order valence-electron chi connectivity index (χ0n) is 13.9. The van der Waals surface area contributed by atoms with Crippen LogP contribution in [0.15, 0.2) is 47.4 Å². The van der Waals surface area contributed by atoms with Gasteiger partial charge in [-0.05, 0) is 55.7 Å². The van der Waals surface area contributed by atoms with Crippen LogP contribution in [-0.4, -0.2) is 15.4 Å². The highest BCUT2D eigenvalue weighted by molar-refractivity contribution is 5.89. The molecule has 0 bridgehead atoms. The molecule has 0 atom stereocenters. The number of pyridine rings is 1. The Balaban J connectivity index is 1.80. The molecule has 0 fully saturated rings. The molecule has 0 radical (unpaired) electrons. The summed E-state index contributed by atoms with van der Waals surface area (Å²) < 4.78 is 6.76. The molecular formula is C19H18N2O3. The Bertz CT molecular complexity index is 990. The van der Waals surface area contributed by atoms with E-state index in [2.05, 4.69) is 4.98 Å². The summed E-state index contributed by atoms with van der Waals surface area (Å²) in [5, 5.41) is 0. The largest absolute Gasteiger partial charge is 0.456 e. The van der Waals surface area contributed by atoms with Crippen LogP contribution in [0.25, 0.3) is 5.65 Å². The van der Waals surface area contributed by atoms with Gasteiger partial charge in [-0.2, -0.15) is 0 Å². The number of hydrogen-bond acceptors (Lipinski definition) is 4. The minimum atomic E-state index is -0.427. The van der Waals surface area contributed by atoms with Gasteiger partial charge in [0, 0.05) is 12.3 Å². The fraction of sp³-hybridized carbons (Fsp3) is 0.211. The van der Waals surface area contributed by atoms with E-state index < -0.39 is 5.97 Å². The number of fused-ring (bicyclic) bond motifs is 1. The van der Waals surface area contributed by atoms with Gasteiger partial charge in [0.05, 0.1) is 11.3 Å². The molecular weight excluding hydrogens is 304 g/mol. The van der Waals surface area contributed by atoms with Gasteiger partial charge in [0.15, 0.2) is 0 Å². The molecule has 0 aliphatic rings. The van der Waals surface area contributed by atoms with E-state index in [1.165, 1.54) is 10.5 Å². The summed E-state index contributed by atoms with van der Waals surface area (Å²) in [5.41, 5.74) is 4.38. The zero-order chi connectivity index (χ0) is 17.3. The highest BCUT2D eigenvalue weighted by atomic mass is 16.5. The number of nitrogens with zero attached hydrogens (tertiary/aromatic N) is 2. The van der Waals surface area contributed by atoms with Crippen LogP contribution in [0.4, 0.5) is 0 Å². The molecule has 2 heterocycles. The van der Waals surface area contributed by atoms with Crippen molar-refractivity contribution in [2.75, 3.05) is 0 Å². The SMILES string of the molecule is Cc1ccc2nc(COC(=O)c3ccc(C)c(C)c3)cc(=O)n2c1. The van der Waals surface area contributed by atoms with Crippen molar-refractivity contribution in [2.24, 2.45) is 0 Å². The first-order valence-electron chi connectivity index (χ1n) is 7.67. The molecule has 5 heteroatoms. The first-order chi connectivity index (χ1) is 11.4. The predicted molar refractivity (Wildman–Crippen MR) is 91.2 cm³/mol. The van der Waals surface area contributed by atoms with E-state index in [9.17, 15) is 9.59 Å². The monoisotopic (exact) mass is 322 g/mol. The third kappa shape index (κ3) is 3.20. The average Bonchev–Trinajstić information content (AvgIpc) is 2.56. The normalized spacial score (nSPS) is 10.8. The maximum absolute atomic E-state index is 12.1. The minimum Gasteiger partial charge on any atom is -0.456 e. The number of aryl methyl sites for hydroxylation is 3. The van der Waals surface area contributed by atoms with Gasteiger partial charge in [-0.3, -0.25) is 9.20 Å². The maximum Gasteiger partial charge on any atom is 0.338 e. The molecule has 0 saturated carbocycles. The fourth-order valence-corrected chi connectivity index (χ4v) is 2.42. The van der Waals surface area contributed by atoms with Crippen LogP contribution in [0.2, 0.25) is 0 Å². The van der Waals surface area contributed by atoms with Crippen molar-refractivity contribution in [3.05, 3.63) is 80.9 Å². The Morgan fingerprint density at radius 2 is 1.88 bits per heavy atom. The number of carbonyl (C=O) groups excluding carboxylic acids is 1. The van der Waals surface area contributed by atoms with Crippen LogP contribution >= 0.6 is 0 Å². The van der Waals surface area contributed by atoms with Crippen LogP contribution in [0.1, 0.15) is 32.7 Å². The number of hydrogen-bond donors (Lipinski definition) is 0. The number of aromatic nitrogens is 2. The van der Waals surface area contributed by atoms with Gasteiger partial charge in [-0.1, -0.05) is 12.1 Å². The van der Waals surface area contributed by atoms with E-state index in [0.717, 1.165) is 16.7 Å². The van der Waals surface area contributed by atoms with E-state index in [1.807, 2.05) is 32.9 Å². The number of rotatable bonds is 3. The number of esters is 1. The molecule has 0 spiro atoms. The van der Waals surface area contributed by atoms with E-state index in [4.69, 9.17) is 4.74 Å². The zero-order valence-corrected chi connectivity index (χ0v) is 13.9. The first kappa shape index (κ1) is 15.9. The quantitative estimate of drug-likeness (QED) is 0.696. The van der Waals surface area contributed by atoms with Crippen molar-refractivity contribution in [1.29, 1.82) is 0 Å². The summed E-state index contributed by atoms with van der Waals surface area (Å²) in [6.45, 7) is 5.80. The maximum atomic E-state index is 12.1. The predicted octanol–water partition coefficient (Wildman–Crippen LogP) is 2.98. The highest BCUT2D eigenvalue weighted by Crippen LogP contribution is 2.12. The first-order valence-corrected chi connectivity index (χ1v) is 7.67. The van der Waals surface area contributed by atoms with Crippen molar-refractivity contribution >= 4 is 11.6 Å². The second kappa shape index (κ2) is 6.28. The Morgan fingerprint density at radius 3 is 2.62 bits per heavy atom. The summed E-state index contributed by atoms with van der Waals surface area (Å²) in [6.07, 6.45) is 1.73. The molecule has 0 amide bonds. The molecule has 1 aromatic carbocycles. The van der Waals surface area contributed by atoms with Crippen LogP contribution in [0, 0.1) is 20.8 Å². The summed E-state index contributed by atoms with van der Waals surface area (Å²) in [7, 11) is 0. The average molecular weight is 322 g/mol. The number of ether oxygens (including phenoxy) is 1. The van der Waals surface area contributed by atoms with Gasteiger partial charge in [0.1, 0.15) is 12.3 Å². The lowest BCUT2D eigenvalue weighted by Crippen LogP contribution is -2.17. The molecule has 5 nitrogen and oxygen atoms in total. The van der Waals surface area contributed by atoms with Crippen molar-refractivity contribution in [3.63, 3.8) is 0 Å². The Labute approximate surface area is 139 Å². The van der Waals surface area contributed by atoms with Gasteiger partial charge >= 0.3 is 5.97 Å². The lowest BCUT2D eigenvalue weighted by atomic mass is 10.1. The lowest BCUT2D eigenvalue weighted by Gasteiger charge is -2.08. The van der Waals surface area contributed by atoms with Crippen LogP contribution in [-0.2, 0) is 11.3 Å². The van der Waals surface area contributed by atoms with Crippen molar-refractivity contribution in [1.82, 2.24) is 9.38 Å². The lowest BCUT2D eigenvalue weighted by molar-refractivity contribution is 0.0467. The van der Waals surface area contributed by atoms with E-state index in [0.29, 0.717) is 16.9 Å². The minimum absolute atomic E-state index is 0.0363. The highest BCUT2D eigenvalue weighted by Gasteiger charge is 2.10. The molecule has 3 aromatic rings. The molecule has 0 aliphatic heterocycles. The molecule has 2 aromatic heterocycles. The molecule has 0 unspecified atom stereocenters. The van der Waals surface area contributed by atoms with Crippen LogP contribution < -0.4 is 5.56 Å². The molecule has 0 saturated heterocycles. The van der Waals surface area contributed by atoms with Gasteiger partial charge < -0.3 is 4.74 Å². The standard InChI is InChI=1S/C19H18N2O3/c1-12-4-7-17-20-16(9-18(22)21(17)10-12)11-24-19(23)15-6-5-13(2)14(3)8-15/h4-10H,11H2,1-3H3. The molecule has 3 rings (SSSR count). The smallest absolute Gasteiger partial charge is 0.338 e. The second-order valence-electron chi connectivity index (χ2n) is 5.90. The third-order valence-electron chi connectivity index (χ3n) is 3.95. The summed E-state index contributed by atoms with van der Waals surface area (Å²) in [6, 6.07) is 10.5. The molecule has 24 heavy (non-hydrogen) atoms. The van der Waals surface area contributed by atoms with Crippen LogP contribution in [0.3, 0.4) is 0 Å². The van der Waals surface area contributed by atoms with Gasteiger partial charge in [-0.25, -0.2) is 9.78 Å². The van der Waals surface area contributed by atoms with E-state index in [-0.39, 0.29) is 12.2 Å². The van der Waals surface area contributed by atoms with E-state index in [1.54, 1.807) is 24.4 Å². The van der Waals surface area contributed by atoms with E-state index >= 15 is 0 Å². The van der Waals surface area contributed by atoms with Crippen molar-refractivity contribution in [2.45, 2.75) is 27.4 Å². The summed E-state index contributed by atoms with van der Waals surface area (Å²) in [4.78, 5) is 28.6. The Kier molecular flexibility index (Phi) is 4.16. The Morgan fingerprint density at radius 1 is 1.08 bits per heavy atom. The Hall–Kier alpha value is -2.95. The second-order valence-corrected chi connectivity index (χ2v) is 5.90. The van der Waals surface area contributed by atoms with Crippen LogP contribution in [0.5, 0.6) is 0 Å². The fourth-order valence-electron chi connectivity index (χ4n) is 2.42. The van der Waals surface area contributed by atoms with Gasteiger partial charge in [0.25, 0.3) is 5.56 Å².